The van der Waals surface area contributed by atoms with E-state index in [9.17, 15) is 9.18 Å². The molecule has 0 radical (unpaired) electrons. The van der Waals surface area contributed by atoms with E-state index in [-0.39, 0.29) is 11.7 Å². The molecule has 1 heterocycles. The van der Waals surface area contributed by atoms with Gasteiger partial charge in [0.15, 0.2) is 0 Å². The summed E-state index contributed by atoms with van der Waals surface area (Å²) in [6, 6.07) is 10.2. The topological polar surface area (TPSA) is 56.1 Å². The van der Waals surface area contributed by atoms with Gasteiger partial charge in [0.1, 0.15) is 16.9 Å². The first-order valence-corrected chi connectivity index (χ1v) is 8.24. The van der Waals surface area contributed by atoms with Crippen LogP contribution in [0, 0.1) is 17.1 Å². The molecule has 0 fully saturated rings. The number of nitrogens with one attached hydrogen (secondary N) is 1. The standard InChI is InChI=1S/C17H18FN3OS/c1-2-21(12-13-4-3-5-15(18)10-13)8-6-16(22)20-17-14(11-19)7-9-23-17/h3-5,7,9-10H,2,6,8,12H2,1H3,(H,20,22). The number of thiophene rings is 1. The average molecular weight is 331 g/mol. The number of nitrogens with zero attached hydrogens (tertiary/aromatic N) is 2. The number of nitriles is 1. The van der Waals surface area contributed by atoms with E-state index in [0.29, 0.717) is 30.1 Å². The molecule has 4 nitrogen and oxygen atoms in total. The van der Waals surface area contributed by atoms with Gasteiger partial charge in [0, 0.05) is 19.5 Å². The van der Waals surface area contributed by atoms with E-state index in [0.717, 1.165) is 12.1 Å². The molecule has 23 heavy (non-hydrogen) atoms. The SMILES string of the molecule is CCN(CCC(=O)Nc1sccc1C#N)Cc1cccc(F)c1. The van der Waals surface area contributed by atoms with Crippen LogP contribution in [0.2, 0.25) is 0 Å². The van der Waals surface area contributed by atoms with Crippen LogP contribution in [0.3, 0.4) is 0 Å². The molecule has 0 aliphatic rings. The number of hydrogen-bond acceptors (Lipinski definition) is 4. The second-order valence-corrected chi connectivity index (χ2v) is 5.99. The molecule has 1 aromatic carbocycles. The minimum Gasteiger partial charge on any atom is -0.317 e. The highest BCUT2D eigenvalue weighted by Gasteiger charge is 2.11. The first kappa shape index (κ1) is 17.1. The van der Waals surface area contributed by atoms with E-state index in [1.54, 1.807) is 17.5 Å². The fourth-order valence-electron chi connectivity index (χ4n) is 2.19. The maximum atomic E-state index is 13.2. The number of carbonyl (C=O) groups excluding carboxylic acids is 1. The lowest BCUT2D eigenvalue weighted by Gasteiger charge is -2.20. The van der Waals surface area contributed by atoms with Crippen LogP contribution < -0.4 is 5.32 Å². The summed E-state index contributed by atoms with van der Waals surface area (Å²) >= 11 is 1.34. The summed E-state index contributed by atoms with van der Waals surface area (Å²) in [6.45, 7) is 3.95. The second-order valence-electron chi connectivity index (χ2n) is 5.07. The van der Waals surface area contributed by atoms with Crippen LogP contribution in [0.25, 0.3) is 0 Å². The van der Waals surface area contributed by atoms with Gasteiger partial charge in [-0.25, -0.2) is 4.39 Å². The summed E-state index contributed by atoms with van der Waals surface area (Å²) in [5.74, 6) is -0.375. The van der Waals surface area contributed by atoms with Crippen LogP contribution in [-0.4, -0.2) is 23.9 Å². The number of halogens is 1. The van der Waals surface area contributed by atoms with Crippen molar-refractivity contribution in [2.45, 2.75) is 19.9 Å². The first-order valence-electron chi connectivity index (χ1n) is 7.36. The third-order valence-electron chi connectivity index (χ3n) is 3.44. The molecule has 120 valence electrons. The molecule has 0 aliphatic carbocycles. The number of rotatable bonds is 7. The van der Waals surface area contributed by atoms with Crippen molar-refractivity contribution in [3.05, 3.63) is 52.7 Å². The minimum atomic E-state index is -0.252. The van der Waals surface area contributed by atoms with Crippen molar-refractivity contribution in [3.8, 4) is 6.07 Å². The zero-order valence-corrected chi connectivity index (χ0v) is 13.7. The van der Waals surface area contributed by atoms with E-state index < -0.39 is 0 Å². The summed E-state index contributed by atoms with van der Waals surface area (Å²) < 4.78 is 13.2. The smallest absolute Gasteiger partial charge is 0.226 e. The number of hydrogen-bond donors (Lipinski definition) is 1. The predicted molar refractivity (Wildman–Crippen MR) is 89.6 cm³/mol. The third-order valence-corrected chi connectivity index (χ3v) is 4.27. The van der Waals surface area contributed by atoms with Gasteiger partial charge in [0.2, 0.25) is 5.91 Å². The molecule has 0 unspecified atom stereocenters. The molecule has 6 heteroatoms. The van der Waals surface area contributed by atoms with E-state index in [1.165, 1.54) is 23.5 Å². The Hall–Kier alpha value is -2.23. The van der Waals surface area contributed by atoms with Gasteiger partial charge < -0.3 is 5.32 Å². The molecule has 2 aromatic rings. The van der Waals surface area contributed by atoms with E-state index in [2.05, 4.69) is 10.2 Å². The fourth-order valence-corrected chi connectivity index (χ4v) is 2.94. The van der Waals surface area contributed by atoms with Crippen molar-refractivity contribution in [2.24, 2.45) is 0 Å². The monoisotopic (exact) mass is 331 g/mol. The van der Waals surface area contributed by atoms with Crippen LogP contribution in [0.4, 0.5) is 9.39 Å². The van der Waals surface area contributed by atoms with Gasteiger partial charge >= 0.3 is 0 Å². The number of benzene rings is 1. The van der Waals surface area contributed by atoms with Crippen molar-refractivity contribution >= 4 is 22.2 Å². The highest BCUT2D eigenvalue weighted by molar-refractivity contribution is 7.14. The molecule has 0 spiro atoms. The molecule has 1 amide bonds. The molecule has 0 bridgehead atoms. The Balaban J connectivity index is 1.85. The molecular formula is C17H18FN3OS. The van der Waals surface area contributed by atoms with Crippen LogP contribution in [0.15, 0.2) is 35.7 Å². The Bertz CT molecular complexity index is 708. The Labute approximate surface area is 139 Å². The molecule has 0 atom stereocenters. The molecule has 1 N–H and O–H groups in total. The highest BCUT2D eigenvalue weighted by Crippen LogP contribution is 2.22. The van der Waals surface area contributed by atoms with Gasteiger partial charge in [-0.05, 0) is 35.7 Å². The average Bonchev–Trinajstić information content (AvgIpc) is 2.98. The quantitative estimate of drug-likeness (QED) is 0.843. The molecule has 0 saturated carbocycles. The molecule has 0 aliphatic heterocycles. The molecule has 1 aromatic heterocycles. The van der Waals surface area contributed by atoms with Crippen molar-refractivity contribution < 1.29 is 9.18 Å². The number of carbonyl (C=O) groups is 1. The summed E-state index contributed by atoms with van der Waals surface area (Å²) in [4.78, 5) is 14.1. The normalized spacial score (nSPS) is 10.5. The van der Waals surface area contributed by atoms with Crippen LogP contribution in [0.5, 0.6) is 0 Å². The van der Waals surface area contributed by atoms with E-state index in [1.807, 2.05) is 19.1 Å². The highest BCUT2D eigenvalue weighted by atomic mass is 32.1. The number of anilines is 1. The Kier molecular flexibility index (Phi) is 6.27. The largest absolute Gasteiger partial charge is 0.317 e. The second kappa shape index (κ2) is 8.42. The van der Waals surface area contributed by atoms with E-state index in [4.69, 9.17) is 5.26 Å². The molecule has 0 saturated heterocycles. The Morgan fingerprint density at radius 2 is 2.26 bits per heavy atom. The van der Waals surface area contributed by atoms with Gasteiger partial charge in [0.05, 0.1) is 5.56 Å². The van der Waals surface area contributed by atoms with E-state index >= 15 is 0 Å². The van der Waals surface area contributed by atoms with Gasteiger partial charge in [-0.3, -0.25) is 9.69 Å². The van der Waals surface area contributed by atoms with Crippen LogP contribution in [0.1, 0.15) is 24.5 Å². The summed E-state index contributed by atoms with van der Waals surface area (Å²) in [5.41, 5.74) is 1.37. The van der Waals surface area contributed by atoms with Crippen molar-refractivity contribution in [3.63, 3.8) is 0 Å². The van der Waals surface area contributed by atoms with Crippen molar-refractivity contribution in [2.75, 3.05) is 18.4 Å². The predicted octanol–water partition coefficient (Wildman–Crippen LogP) is 3.61. The van der Waals surface area contributed by atoms with Gasteiger partial charge in [-0.2, -0.15) is 5.26 Å². The lowest BCUT2D eigenvalue weighted by atomic mass is 10.2. The maximum absolute atomic E-state index is 13.2. The van der Waals surface area contributed by atoms with Crippen LogP contribution in [-0.2, 0) is 11.3 Å². The Morgan fingerprint density at radius 1 is 1.43 bits per heavy atom. The summed E-state index contributed by atoms with van der Waals surface area (Å²) in [5, 5.41) is 14.1. The van der Waals surface area contributed by atoms with Gasteiger partial charge in [-0.15, -0.1) is 11.3 Å². The Morgan fingerprint density at radius 3 is 2.96 bits per heavy atom. The maximum Gasteiger partial charge on any atom is 0.226 e. The third kappa shape index (κ3) is 5.16. The lowest BCUT2D eigenvalue weighted by molar-refractivity contribution is -0.116. The zero-order chi connectivity index (χ0) is 16.7. The molecule has 2 rings (SSSR count). The van der Waals surface area contributed by atoms with Crippen molar-refractivity contribution in [1.82, 2.24) is 4.90 Å². The summed E-state index contributed by atoms with van der Waals surface area (Å²) in [6.07, 6.45) is 0.325. The van der Waals surface area contributed by atoms with Crippen molar-refractivity contribution in [1.29, 1.82) is 5.26 Å². The lowest BCUT2D eigenvalue weighted by Crippen LogP contribution is -2.27. The molecular weight excluding hydrogens is 313 g/mol. The zero-order valence-electron chi connectivity index (χ0n) is 12.9. The first-order chi connectivity index (χ1) is 11.1. The minimum absolute atomic E-state index is 0.123. The fraction of sp³-hybridized carbons (Fsp3) is 0.294. The number of amides is 1. The van der Waals surface area contributed by atoms with Gasteiger partial charge in [-0.1, -0.05) is 19.1 Å². The van der Waals surface area contributed by atoms with Gasteiger partial charge in [0.25, 0.3) is 0 Å². The van der Waals surface area contributed by atoms with Crippen LogP contribution >= 0.6 is 11.3 Å². The summed E-state index contributed by atoms with van der Waals surface area (Å²) in [7, 11) is 0.